The van der Waals surface area contributed by atoms with Crippen molar-refractivity contribution in [3.63, 3.8) is 0 Å². The maximum absolute atomic E-state index is 6.22. The van der Waals surface area contributed by atoms with Gasteiger partial charge in [-0.1, -0.05) is 35.9 Å². The first kappa shape index (κ1) is 13.9. The summed E-state index contributed by atoms with van der Waals surface area (Å²) in [7, 11) is 0. The van der Waals surface area contributed by atoms with Gasteiger partial charge in [0.15, 0.2) is 0 Å². The van der Waals surface area contributed by atoms with E-state index in [1.54, 1.807) is 6.20 Å². The number of benzene rings is 2. The van der Waals surface area contributed by atoms with Crippen molar-refractivity contribution >= 4 is 22.4 Å². The third-order valence-corrected chi connectivity index (χ3v) is 3.65. The van der Waals surface area contributed by atoms with Crippen molar-refractivity contribution in [2.24, 2.45) is 5.73 Å². The number of nitrogens with zero attached hydrogens (tertiary/aromatic N) is 1. The number of hydrogen-bond acceptors (Lipinski definition) is 3. The lowest BCUT2D eigenvalue weighted by atomic mass is 10.1. The van der Waals surface area contributed by atoms with Crippen LogP contribution in [0, 0.1) is 6.92 Å². The quantitative estimate of drug-likeness (QED) is 0.777. The van der Waals surface area contributed by atoms with Crippen molar-refractivity contribution in [1.29, 1.82) is 0 Å². The monoisotopic (exact) mass is 298 g/mol. The number of fused-ring (bicyclic) bond motifs is 1. The van der Waals surface area contributed by atoms with Crippen LogP contribution >= 0.6 is 11.6 Å². The minimum absolute atomic E-state index is 0.444. The molecular formula is C17H15ClN2O. The summed E-state index contributed by atoms with van der Waals surface area (Å²) < 4.78 is 5.89. The summed E-state index contributed by atoms with van der Waals surface area (Å²) in [6, 6.07) is 13.6. The standard InChI is InChI=1S/C17H15ClN2O/c1-11-6-7-16(15(18)8-11)21-17-14-5-3-2-4-13(14)12(9-19)10-20-17/h2-8,10H,9,19H2,1H3. The minimum Gasteiger partial charge on any atom is -0.437 e. The Morgan fingerprint density at radius 1 is 1.14 bits per heavy atom. The fourth-order valence-corrected chi connectivity index (χ4v) is 2.54. The highest BCUT2D eigenvalue weighted by atomic mass is 35.5. The predicted octanol–water partition coefficient (Wildman–Crippen LogP) is 4.45. The normalized spacial score (nSPS) is 10.8. The van der Waals surface area contributed by atoms with Gasteiger partial charge < -0.3 is 10.5 Å². The largest absolute Gasteiger partial charge is 0.437 e. The first-order valence-electron chi connectivity index (χ1n) is 6.69. The zero-order valence-electron chi connectivity index (χ0n) is 11.6. The maximum atomic E-state index is 6.22. The molecule has 1 heterocycles. The highest BCUT2D eigenvalue weighted by Gasteiger charge is 2.10. The summed E-state index contributed by atoms with van der Waals surface area (Å²) in [5.41, 5.74) is 7.84. The highest BCUT2D eigenvalue weighted by Crippen LogP contribution is 2.33. The molecule has 3 aromatic rings. The molecule has 0 radical (unpaired) electrons. The van der Waals surface area contributed by atoms with Crippen LogP contribution in [0.3, 0.4) is 0 Å². The number of halogens is 1. The number of aromatic nitrogens is 1. The molecule has 0 saturated heterocycles. The van der Waals surface area contributed by atoms with Crippen molar-refractivity contribution < 1.29 is 4.74 Å². The van der Waals surface area contributed by atoms with Gasteiger partial charge in [-0.3, -0.25) is 0 Å². The van der Waals surface area contributed by atoms with E-state index in [2.05, 4.69) is 4.98 Å². The molecule has 0 aliphatic heterocycles. The third kappa shape index (κ3) is 2.71. The lowest BCUT2D eigenvalue weighted by molar-refractivity contribution is 0.469. The number of hydrogen-bond donors (Lipinski definition) is 1. The van der Waals surface area contributed by atoms with E-state index < -0.39 is 0 Å². The van der Waals surface area contributed by atoms with Gasteiger partial charge in [0.25, 0.3) is 0 Å². The van der Waals surface area contributed by atoms with E-state index in [0.29, 0.717) is 23.2 Å². The molecular weight excluding hydrogens is 284 g/mol. The average Bonchev–Trinajstić information content (AvgIpc) is 2.50. The molecule has 0 fully saturated rings. The average molecular weight is 299 g/mol. The lowest BCUT2D eigenvalue weighted by Crippen LogP contribution is -2.00. The van der Waals surface area contributed by atoms with Gasteiger partial charge in [0, 0.05) is 18.1 Å². The van der Waals surface area contributed by atoms with Gasteiger partial charge in [-0.2, -0.15) is 0 Å². The fourth-order valence-electron chi connectivity index (χ4n) is 2.26. The Balaban J connectivity index is 2.09. The molecule has 0 spiro atoms. The van der Waals surface area contributed by atoms with Gasteiger partial charge in [0.2, 0.25) is 5.88 Å². The van der Waals surface area contributed by atoms with Crippen LogP contribution < -0.4 is 10.5 Å². The molecule has 0 saturated carbocycles. The second kappa shape index (κ2) is 5.72. The molecule has 0 unspecified atom stereocenters. The van der Waals surface area contributed by atoms with Crippen LogP contribution in [0.1, 0.15) is 11.1 Å². The molecule has 4 heteroatoms. The van der Waals surface area contributed by atoms with E-state index in [1.165, 1.54) is 0 Å². The van der Waals surface area contributed by atoms with Crippen LogP contribution in [-0.4, -0.2) is 4.98 Å². The zero-order chi connectivity index (χ0) is 14.8. The SMILES string of the molecule is Cc1ccc(Oc2ncc(CN)c3ccccc23)c(Cl)c1. The van der Waals surface area contributed by atoms with E-state index in [1.807, 2.05) is 49.4 Å². The van der Waals surface area contributed by atoms with Crippen molar-refractivity contribution in [2.45, 2.75) is 13.5 Å². The van der Waals surface area contributed by atoms with Crippen LogP contribution in [0.25, 0.3) is 10.8 Å². The summed E-state index contributed by atoms with van der Waals surface area (Å²) in [5, 5.41) is 2.55. The van der Waals surface area contributed by atoms with Crippen molar-refractivity contribution in [2.75, 3.05) is 0 Å². The van der Waals surface area contributed by atoms with Crippen LogP contribution in [0.5, 0.6) is 11.6 Å². The molecule has 2 aromatic carbocycles. The lowest BCUT2D eigenvalue weighted by Gasteiger charge is -2.11. The molecule has 3 nitrogen and oxygen atoms in total. The Labute approximate surface area is 128 Å². The van der Waals surface area contributed by atoms with Gasteiger partial charge in [-0.05, 0) is 41.6 Å². The summed E-state index contributed by atoms with van der Waals surface area (Å²) in [4.78, 5) is 4.38. The first-order chi connectivity index (χ1) is 10.2. The van der Waals surface area contributed by atoms with Gasteiger partial charge in [-0.25, -0.2) is 4.98 Å². The molecule has 1 aromatic heterocycles. The fraction of sp³-hybridized carbons (Fsp3) is 0.118. The van der Waals surface area contributed by atoms with Gasteiger partial charge in [0.05, 0.1) is 5.02 Å². The molecule has 0 amide bonds. The minimum atomic E-state index is 0.444. The van der Waals surface area contributed by atoms with E-state index in [9.17, 15) is 0 Å². The second-order valence-electron chi connectivity index (χ2n) is 4.87. The van der Waals surface area contributed by atoms with Gasteiger partial charge in [-0.15, -0.1) is 0 Å². The number of pyridine rings is 1. The second-order valence-corrected chi connectivity index (χ2v) is 5.28. The summed E-state index contributed by atoms with van der Waals surface area (Å²) in [5.74, 6) is 1.13. The number of ether oxygens (including phenoxy) is 1. The van der Waals surface area contributed by atoms with Crippen LogP contribution in [0.15, 0.2) is 48.7 Å². The Morgan fingerprint density at radius 3 is 2.62 bits per heavy atom. The molecule has 2 N–H and O–H groups in total. The molecule has 0 bridgehead atoms. The van der Waals surface area contributed by atoms with E-state index in [0.717, 1.165) is 21.9 Å². The molecule has 21 heavy (non-hydrogen) atoms. The molecule has 0 aliphatic rings. The molecule has 3 rings (SSSR count). The Bertz CT molecular complexity index is 802. The number of rotatable bonds is 3. The number of aryl methyl sites for hydroxylation is 1. The molecule has 106 valence electrons. The summed E-state index contributed by atoms with van der Waals surface area (Å²) in [6.07, 6.45) is 1.75. The van der Waals surface area contributed by atoms with E-state index in [-0.39, 0.29) is 0 Å². The van der Waals surface area contributed by atoms with Gasteiger partial charge >= 0.3 is 0 Å². The summed E-state index contributed by atoms with van der Waals surface area (Å²) in [6.45, 7) is 2.43. The predicted molar refractivity (Wildman–Crippen MR) is 85.9 cm³/mol. The van der Waals surface area contributed by atoms with Crippen LogP contribution in [0.4, 0.5) is 0 Å². The van der Waals surface area contributed by atoms with Crippen LogP contribution in [-0.2, 0) is 6.54 Å². The summed E-state index contributed by atoms with van der Waals surface area (Å²) >= 11 is 6.22. The molecule has 0 atom stereocenters. The van der Waals surface area contributed by atoms with Crippen molar-refractivity contribution in [3.8, 4) is 11.6 Å². The van der Waals surface area contributed by atoms with E-state index in [4.69, 9.17) is 22.1 Å². The Kier molecular flexibility index (Phi) is 3.78. The number of nitrogens with two attached hydrogens (primary N) is 1. The Morgan fingerprint density at radius 2 is 1.90 bits per heavy atom. The van der Waals surface area contributed by atoms with E-state index >= 15 is 0 Å². The highest BCUT2D eigenvalue weighted by molar-refractivity contribution is 6.32. The Hall–Kier alpha value is -2.10. The topological polar surface area (TPSA) is 48.1 Å². The maximum Gasteiger partial charge on any atom is 0.227 e. The van der Waals surface area contributed by atoms with Crippen molar-refractivity contribution in [3.05, 3.63) is 64.8 Å². The van der Waals surface area contributed by atoms with Crippen molar-refractivity contribution in [1.82, 2.24) is 4.98 Å². The van der Waals surface area contributed by atoms with Crippen LogP contribution in [0.2, 0.25) is 5.02 Å². The third-order valence-electron chi connectivity index (χ3n) is 3.35. The van der Waals surface area contributed by atoms with Gasteiger partial charge in [0.1, 0.15) is 5.75 Å². The smallest absolute Gasteiger partial charge is 0.227 e. The first-order valence-corrected chi connectivity index (χ1v) is 7.07. The molecule has 0 aliphatic carbocycles. The zero-order valence-corrected chi connectivity index (χ0v) is 12.4.